The SMILES string of the molecule is COc1ccc(OCC(F)(F)F)c(C(=O)N2C3CCC2CC(Cc2ccc(NC(=O)Nc4cc(C(C)(C)C)nn4-c4ccc(C)cc4)cc2)C3)c1. The molecule has 2 aliphatic heterocycles. The van der Waals surface area contributed by atoms with Gasteiger partial charge >= 0.3 is 12.2 Å². The highest BCUT2D eigenvalue weighted by Crippen LogP contribution is 2.42. The third-order valence-electron chi connectivity index (χ3n) is 9.61. The van der Waals surface area contributed by atoms with Gasteiger partial charge in [0.2, 0.25) is 0 Å². The van der Waals surface area contributed by atoms with E-state index in [9.17, 15) is 22.8 Å². The van der Waals surface area contributed by atoms with E-state index >= 15 is 0 Å². The molecule has 4 aromatic rings. The molecule has 2 bridgehead atoms. The van der Waals surface area contributed by atoms with Crippen LogP contribution in [0.3, 0.4) is 0 Å². The molecule has 270 valence electrons. The average molecular weight is 704 g/mol. The van der Waals surface area contributed by atoms with Crippen LogP contribution >= 0.6 is 0 Å². The van der Waals surface area contributed by atoms with Gasteiger partial charge in [0.05, 0.1) is 24.1 Å². The topological polar surface area (TPSA) is 97.7 Å². The smallest absolute Gasteiger partial charge is 0.422 e. The van der Waals surface area contributed by atoms with Crippen molar-refractivity contribution in [1.29, 1.82) is 0 Å². The first-order valence-electron chi connectivity index (χ1n) is 17.2. The summed E-state index contributed by atoms with van der Waals surface area (Å²) in [6, 6.07) is 21.5. The summed E-state index contributed by atoms with van der Waals surface area (Å²) < 4.78 is 50.8. The molecule has 3 aromatic carbocycles. The lowest BCUT2D eigenvalue weighted by atomic mass is 9.85. The number of ether oxygens (including phenoxy) is 2. The number of aromatic nitrogens is 2. The molecule has 0 radical (unpaired) electrons. The number of amides is 3. The second-order valence-corrected chi connectivity index (χ2v) is 14.6. The summed E-state index contributed by atoms with van der Waals surface area (Å²) in [5.74, 6) is 0.836. The van der Waals surface area contributed by atoms with Crippen LogP contribution < -0.4 is 20.1 Å². The Morgan fingerprint density at radius 1 is 0.902 bits per heavy atom. The number of methoxy groups -OCH3 is 1. The number of benzene rings is 3. The van der Waals surface area contributed by atoms with Gasteiger partial charge in [-0.25, -0.2) is 9.48 Å². The monoisotopic (exact) mass is 703 g/mol. The number of hydrogen-bond donors (Lipinski definition) is 2. The van der Waals surface area contributed by atoms with Gasteiger partial charge in [-0.1, -0.05) is 50.6 Å². The fourth-order valence-corrected chi connectivity index (χ4v) is 7.07. The maximum Gasteiger partial charge on any atom is 0.422 e. The number of aryl methyl sites for hydroxylation is 1. The average Bonchev–Trinajstić information content (AvgIpc) is 3.62. The molecule has 51 heavy (non-hydrogen) atoms. The Hall–Kier alpha value is -5.00. The number of alkyl halides is 3. The normalized spacial score (nSPS) is 18.7. The molecule has 2 saturated heterocycles. The third-order valence-corrected chi connectivity index (χ3v) is 9.61. The van der Waals surface area contributed by atoms with Crippen LogP contribution in [0.25, 0.3) is 5.69 Å². The van der Waals surface area contributed by atoms with Crippen LogP contribution in [-0.4, -0.2) is 58.6 Å². The zero-order valence-electron chi connectivity index (χ0n) is 29.5. The summed E-state index contributed by atoms with van der Waals surface area (Å²) >= 11 is 0. The van der Waals surface area contributed by atoms with Crippen LogP contribution in [-0.2, 0) is 11.8 Å². The molecule has 2 atom stereocenters. The van der Waals surface area contributed by atoms with Crippen molar-refractivity contribution in [3.05, 3.63) is 95.2 Å². The first kappa shape index (κ1) is 35.8. The Labute approximate surface area is 296 Å². The molecule has 3 heterocycles. The maximum absolute atomic E-state index is 13.8. The predicted octanol–water partition coefficient (Wildman–Crippen LogP) is 8.70. The van der Waals surface area contributed by atoms with Gasteiger partial charge in [-0.3, -0.25) is 10.1 Å². The van der Waals surface area contributed by atoms with E-state index < -0.39 is 12.8 Å². The number of rotatable bonds is 9. The first-order valence-corrected chi connectivity index (χ1v) is 17.2. The molecule has 2 aliphatic rings. The Morgan fingerprint density at radius 3 is 2.18 bits per heavy atom. The molecule has 6 rings (SSSR count). The van der Waals surface area contributed by atoms with Crippen molar-refractivity contribution in [3.8, 4) is 17.2 Å². The van der Waals surface area contributed by atoms with Crippen LogP contribution in [0, 0.1) is 12.8 Å². The first-order chi connectivity index (χ1) is 24.2. The fourth-order valence-electron chi connectivity index (χ4n) is 7.07. The van der Waals surface area contributed by atoms with Crippen molar-refractivity contribution < 1.29 is 32.2 Å². The van der Waals surface area contributed by atoms with Gasteiger partial charge in [-0.2, -0.15) is 18.3 Å². The van der Waals surface area contributed by atoms with E-state index in [0.29, 0.717) is 23.2 Å². The fraction of sp³-hybridized carbons (Fsp3) is 0.410. The van der Waals surface area contributed by atoms with Gasteiger partial charge in [0.25, 0.3) is 5.91 Å². The predicted molar refractivity (Wildman–Crippen MR) is 190 cm³/mol. The molecule has 9 nitrogen and oxygen atoms in total. The Kier molecular flexibility index (Phi) is 10.1. The van der Waals surface area contributed by atoms with E-state index in [0.717, 1.165) is 54.6 Å². The number of nitrogens with one attached hydrogen (secondary N) is 2. The van der Waals surface area contributed by atoms with E-state index in [4.69, 9.17) is 14.6 Å². The highest BCUT2D eigenvalue weighted by atomic mass is 19.4. The lowest BCUT2D eigenvalue weighted by Crippen LogP contribution is -2.47. The van der Waals surface area contributed by atoms with Crippen LogP contribution in [0.15, 0.2) is 72.8 Å². The van der Waals surface area contributed by atoms with Gasteiger partial charge in [-0.15, -0.1) is 0 Å². The number of nitrogens with zero attached hydrogens (tertiary/aromatic N) is 3. The molecule has 0 aliphatic carbocycles. The van der Waals surface area contributed by atoms with E-state index in [-0.39, 0.29) is 40.7 Å². The largest absolute Gasteiger partial charge is 0.497 e. The molecule has 0 saturated carbocycles. The summed E-state index contributed by atoms with van der Waals surface area (Å²) in [6.07, 6.45) is -0.453. The Morgan fingerprint density at radius 2 is 1.57 bits per heavy atom. The molecule has 2 unspecified atom stereocenters. The van der Waals surface area contributed by atoms with E-state index in [1.807, 2.05) is 66.4 Å². The van der Waals surface area contributed by atoms with E-state index in [1.54, 1.807) is 4.68 Å². The minimum absolute atomic E-state index is 0.0142. The summed E-state index contributed by atoms with van der Waals surface area (Å²) in [5.41, 5.74) is 4.47. The maximum atomic E-state index is 13.8. The third kappa shape index (κ3) is 8.49. The molecule has 1 aromatic heterocycles. The van der Waals surface area contributed by atoms with Crippen LogP contribution in [0.2, 0.25) is 0 Å². The standard InChI is InChI=1S/C39H44F3N5O4/c1-24-6-12-28(13-7-24)47-35(22-34(45-47)38(2,3)4)44-37(49)43-27-10-8-25(9-11-27)18-26-19-29-14-15-30(20-26)46(29)36(48)32-21-31(50-5)16-17-33(32)51-23-39(40,41)42/h6-13,16-17,21-22,26,29-30H,14-15,18-20,23H2,1-5H3,(H2,43,44,49). The van der Waals surface area contributed by atoms with Gasteiger partial charge in [0, 0.05) is 29.3 Å². The van der Waals surface area contributed by atoms with Crippen LogP contribution in [0.5, 0.6) is 11.5 Å². The highest BCUT2D eigenvalue weighted by Gasteiger charge is 2.44. The number of carbonyl (C=O) groups excluding carboxylic acids is 2. The van der Waals surface area contributed by atoms with E-state index in [1.165, 1.54) is 25.3 Å². The number of hydrogen-bond acceptors (Lipinski definition) is 5. The van der Waals surface area contributed by atoms with Gasteiger partial charge in [0.15, 0.2) is 6.61 Å². The molecule has 0 spiro atoms. The molecule has 2 N–H and O–H groups in total. The minimum atomic E-state index is -4.53. The molecule has 2 fully saturated rings. The zero-order valence-corrected chi connectivity index (χ0v) is 29.5. The molecular weight excluding hydrogens is 659 g/mol. The Balaban J connectivity index is 1.08. The van der Waals surface area contributed by atoms with Gasteiger partial charge in [-0.05, 0) is 93.0 Å². The second kappa shape index (κ2) is 14.3. The van der Waals surface area contributed by atoms with Crippen molar-refractivity contribution in [2.45, 2.75) is 83.5 Å². The number of halogens is 3. The number of fused-ring (bicyclic) bond motifs is 2. The molecule has 12 heteroatoms. The number of carbonyl (C=O) groups is 2. The summed E-state index contributed by atoms with van der Waals surface area (Å²) in [5, 5.41) is 10.7. The van der Waals surface area contributed by atoms with Crippen LogP contribution in [0.4, 0.5) is 29.5 Å². The second-order valence-electron chi connectivity index (χ2n) is 14.6. The van der Waals surface area contributed by atoms with Gasteiger partial charge < -0.3 is 19.7 Å². The Bertz CT molecular complexity index is 1850. The van der Waals surface area contributed by atoms with Crippen molar-refractivity contribution in [2.75, 3.05) is 24.4 Å². The molecule has 3 amide bonds. The van der Waals surface area contributed by atoms with E-state index in [2.05, 4.69) is 31.4 Å². The number of anilines is 2. The lowest BCUT2D eigenvalue weighted by molar-refractivity contribution is -0.153. The zero-order chi connectivity index (χ0) is 36.5. The quantitative estimate of drug-likeness (QED) is 0.182. The summed E-state index contributed by atoms with van der Waals surface area (Å²) in [4.78, 5) is 28.8. The van der Waals surface area contributed by atoms with Gasteiger partial charge in [0.1, 0.15) is 17.3 Å². The highest BCUT2D eigenvalue weighted by molar-refractivity contribution is 5.99. The van der Waals surface area contributed by atoms with Crippen LogP contribution in [0.1, 0.15) is 73.6 Å². The van der Waals surface area contributed by atoms with Crippen molar-refractivity contribution in [2.24, 2.45) is 5.92 Å². The minimum Gasteiger partial charge on any atom is -0.497 e. The number of urea groups is 1. The lowest BCUT2D eigenvalue weighted by Gasteiger charge is -2.39. The number of piperidine rings is 1. The van der Waals surface area contributed by atoms with Crippen molar-refractivity contribution >= 4 is 23.4 Å². The summed E-state index contributed by atoms with van der Waals surface area (Å²) in [7, 11) is 1.44. The molecular formula is C39H44F3N5O4. The van der Waals surface area contributed by atoms with Crippen molar-refractivity contribution in [3.63, 3.8) is 0 Å². The summed E-state index contributed by atoms with van der Waals surface area (Å²) in [6.45, 7) is 6.77. The van der Waals surface area contributed by atoms with Crippen molar-refractivity contribution in [1.82, 2.24) is 14.7 Å².